The summed E-state index contributed by atoms with van der Waals surface area (Å²) in [6.07, 6.45) is 0. The highest BCUT2D eigenvalue weighted by molar-refractivity contribution is 6.32. The summed E-state index contributed by atoms with van der Waals surface area (Å²) in [5.41, 5.74) is 6.26. The first-order valence-electron chi connectivity index (χ1n) is 7.93. The number of halogens is 1. The third kappa shape index (κ3) is 4.54. The van der Waals surface area contributed by atoms with Crippen molar-refractivity contribution in [1.82, 2.24) is 15.0 Å². The van der Waals surface area contributed by atoms with E-state index in [4.69, 9.17) is 26.8 Å². The van der Waals surface area contributed by atoms with Crippen LogP contribution in [0.2, 0.25) is 5.02 Å². The van der Waals surface area contributed by atoms with E-state index in [1.807, 2.05) is 12.1 Å². The second kappa shape index (κ2) is 8.35. The molecule has 1 heterocycles. The number of non-ortho nitro benzene ring substituents is 1. The maximum Gasteiger partial charge on any atom is 0.271 e. The van der Waals surface area contributed by atoms with E-state index in [9.17, 15) is 10.1 Å². The van der Waals surface area contributed by atoms with Crippen molar-refractivity contribution >= 4 is 34.9 Å². The Morgan fingerprint density at radius 3 is 2.68 bits per heavy atom. The second-order valence-corrected chi connectivity index (χ2v) is 5.83. The topological polar surface area (TPSA) is 138 Å². The van der Waals surface area contributed by atoms with Gasteiger partial charge in [-0.05, 0) is 18.2 Å². The summed E-state index contributed by atoms with van der Waals surface area (Å²) in [5.74, 6) is 1.33. The molecule has 0 unspecified atom stereocenters. The van der Waals surface area contributed by atoms with Gasteiger partial charge in [0.15, 0.2) is 5.82 Å². The van der Waals surface area contributed by atoms with Gasteiger partial charge in [0.1, 0.15) is 18.1 Å². The molecule has 3 rings (SSSR count). The minimum Gasteiger partial charge on any atom is -0.495 e. The molecule has 10 nitrogen and oxygen atoms in total. The summed E-state index contributed by atoms with van der Waals surface area (Å²) in [6, 6.07) is 11.1. The van der Waals surface area contributed by atoms with Gasteiger partial charge in [0, 0.05) is 12.1 Å². The SMILES string of the molecule is COc1ccccc1Nc1nc(N)nc(COc2ccc([N+](=O)[O-])cc2Cl)n1. The molecule has 0 fully saturated rings. The second-order valence-electron chi connectivity index (χ2n) is 5.42. The average Bonchev–Trinajstić information content (AvgIpc) is 2.67. The molecule has 28 heavy (non-hydrogen) atoms. The molecule has 1 aromatic heterocycles. The first-order chi connectivity index (χ1) is 13.5. The van der Waals surface area contributed by atoms with E-state index < -0.39 is 4.92 Å². The third-order valence-electron chi connectivity index (χ3n) is 3.54. The van der Waals surface area contributed by atoms with Crippen LogP contribution in [0.3, 0.4) is 0 Å². The molecule has 3 N–H and O–H groups in total. The highest BCUT2D eigenvalue weighted by atomic mass is 35.5. The number of anilines is 3. The number of nitro groups is 1. The Morgan fingerprint density at radius 1 is 1.18 bits per heavy atom. The Hall–Kier alpha value is -3.66. The number of ether oxygens (including phenoxy) is 2. The number of benzene rings is 2. The van der Waals surface area contributed by atoms with Crippen LogP contribution in [0.1, 0.15) is 5.82 Å². The number of rotatable bonds is 7. The van der Waals surface area contributed by atoms with Crippen LogP contribution in [-0.4, -0.2) is 27.0 Å². The third-order valence-corrected chi connectivity index (χ3v) is 3.83. The number of nitrogens with zero attached hydrogens (tertiary/aromatic N) is 4. The predicted octanol–water partition coefficient (Wildman–Crippen LogP) is 3.35. The molecule has 0 saturated heterocycles. The van der Waals surface area contributed by atoms with Gasteiger partial charge in [0.05, 0.1) is 22.7 Å². The van der Waals surface area contributed by atoms with Gasteiger partial charge in [-0.1, -0.05) is 23.7 Å². The molecule has 0 bridgehead atoms. The molecule has 0 atom stereocenters. The highest BCUT2D eigenvalue weighted by Crippen LogP contribution is 2.29. The van der Waals surface area contributed by atoms with Gasteiger partial charge in [-0.2, -0.15) is 15.0 Å². The van der Waals surface area contributed by atoms with Crippen molar-refractivity contribution in [3.63, 3.8) is 0 Å². The maximum atomic E-state index is 10.8. The zero-order valence-electron chi connectivity index (χ0n) is 14.6. The summed E-state index contributed by atoms with van der Waals surface area (Å²) in [7, 11) is 1.55. The lowest BCUT2D eigenvalue weighted by molar-refractivity contribution is -0.384. The maximum absolute atomic E-state index is 10.8. The lowest BCUT2D eigenvalue weighted by Crippen LogP contribution is -2.09. The van der Waals surface area contributed by atoms with E-state index in [0.29, 0.717) is 11.4 Å². The Morgan fingerprint density at radius 2 is 1.96 bits per heavy atom. The van der Waals surface area contributed by atoms with Crippen molar-refractivity contribution in [2.75, 3.05) is 18.2 Å². The minimum atomic E-state index is -0.544. The van der Waals surface area contributed by atoms with Gasteiger partial charge in [0.25, 0.3) is 5.69 Å². The van der Waals surface area contributed by atoms with Gasteiger partial charge in [0.2, 0.25) is 11.9 Å². The summed E-state index contributed by atoms with van der Waals surface area (Å²) in [4.78, 5) is 22.5. The molecular weight excluding hydrogens is 388 g/mol. The molecule has 0 spiro atoms. The summed E-state index contributed by atoms with van der Waals surface area (Å²) in [5, 5.41) is 13.9. The van der Waals surface area contributed by atoms with E-state index in [1.165, 1.54) is 18.2 Å². The Balaban J connectivity index is 1.76. The van der Waals surface area contributed by atoms with E-state index >= 15 is 0 Å². The summed E-state index contributed by atoms with van der Waals surface area (Å²) < 4.78 is 10.8. The van der Waals surface area contributed by atoms with Crippen LogP contribution >= 0.6 is 11.6 Å². The normalized spacial score (nSPS) is 10.4. The molecule has 0 aliphatic heterocycles. The van der Waals surface area contributed by atoms with Crippen molar-refractivity contribution in [3.8, 4) is 11.5 Å². The van der Waals surface area contributed by atoms with Crippen LogP contribution in [0.5, 0.6) is 11.5 Å². The zero-order chi connectivity index (χ0) is 20.1. The fourth-order valence-corrected chi connectivity index (χ4v) is 2.52. The lowest BCUT2D eigenvalue weighted by Gasteiger charge is -2.11. The molecule has 0 aliphatic rings. The van der Waals surface area contributed by atoms with E-state index in [2.05, 4.69) is 20.3 Å². The summed E-state index contributed by atoms with van der Waals surface area (Å²) in [6.45, 7) is -0.0646. The quantitative estimate of drug-likeness (QED) is 0.449. The van der Waals surface area contributed by atoms with Crippen molar-refractivity contribution < 1.29 is 14.4 Å². The fraction of sp³-hybridized carbons (Fsp3) is 0.118. The zero-order valence-corrected chi connectivity index (χ0v) is 15.4. The first kappa shape index (κ1) is 19.1. The molecule has 144 valence electrons. The monoisotopic (exact) mass is 402 g/mol. The number of hydrogen-bond acceptors (Lipinski definition) is 9. The van der Waals surface area contributed by atoms with E-state index in [-0.39, 0.29) is 40.8 Å². The number of aromatic nitrogens is 3. The number of methoxy groups -OCH3 is 1. The largest absolute Gasteiger partial charge is 0.495 e. The molecule has 0 aliphatic carbocycles. The van der Waals surface area contributed by atoms with Crippen molar-refractivity contribution in [3.05, 3.63) is 63.4 Å². The van der Waals surface area contributed by atoms with Gasteiger partial charge in [-0.25, -0.2) is 0 Å². The molecule has 3 aromatic rings. The smallest absolute Gasteiger partial charge is 0.271 e. The van der Waals surface area contributed by atoms with E-state index in [1.54, 1.807) is 19.2 Å². The Labute approximate surface area is 164 Å². The molecule has 0 radical (unpaired) electrons. The van der Waals surface area contributed by atoms with Gasteiger partial charge in [-0.3, -0.25) is 10.1 Å². The van der Waals surface area contributed by atoms with Gasteiger partial charge >= 0.3 is 0 Å². The number of nitrogen functional groups attached to an aromatic ring is 1. The number of hydrogen-bond donors (Lipinski definition) is 2. The van der Waals surface area contributed by atoms with E-state index in [0.717, 1.165) is 0 Å². The number of nitrogens with two attached hydrogens (primary N) is 1. The standard InChI is InChI=1S/C17H15ClN6O4/c1-27-14-5-3-2-4-12(14)20-17-22-15(21-16(19)23-17)9-28-13-7-6-10(24(25)26)8-11(13)18/h2-8H,9H2,1H3,(H3,19,20,21,22,23). The van der Waals surface area contributed by atoms with Crippen molar-refractivity contribution in [2.24, 2.45) is 0 Å². The van der Waals surface area contributed by atoms with Crippen molar-refractivity contribution in [2.45, 2.75) is 6.61 Å². The molecular formula is C17H15ClN6O4. The molecule has 0 amide bonds. The Kier molecular flexibility index (Phi) is 5.70. The fourth-order valence-electron chi connectivity index (χ4n) is 2.29. The van der Waals surface area contributed by atoms with Crippen molar-refractivity contribution in [1.29, 1.82) is 0 Å². The van der Waals surface area contributed by atoms with Crippen LogP contribution in [0.15, 0.2) is 42.5 Å². The number of nitro benzene ring substituents is 1. The summed E-state index contributed by atoms with van der Waals surface area (Å²) >= 11 is 6.01. The van der Waals surface area contributed by atoms with Crippen LogP contribution in [-0.2, 0) is 6.61 Å². The number of para-hydroxylation sites is 2. The molecule has 2 aromatic carbocycles. The Bertz CT molecular complexity index is 1020. The minimum absolute atomic E-state index is 0.000736. The van der Waals surface area contributed by atoms with Gasteiger partial charge in [-0.15, -0.1) is 0 Å². The van der Waals surface area contributed by atoms with Crippen LogP contribution < -0.4 is 20.5 Å². The lowest BCUT2D eigenvalue weighted by atomic mass is 10.3. The highest BCUT2D eigenvalue weighted by Gasteiger charge is 2.12. The van der Waals surface area contributed by atoms with Crippen LogP contribution in [0.25, 0.3) is 0 Å². The van der Waals surface area contributed by atoms with Gasteiger partial charge < -0.3 is 20.5 Å². The molecule has 11 heteroatoms. The predicted molar refractivity (Wildman–Crippen MR) is 103 cm³/mol. The first-order valence-corrected chi connectivity index (χ1v) is 8.31. The average molecular weight is 403 g/mol. The molecule has 0 saturated carbocycles. The van der Waals surface area contributed by atoms with Crippen LogP contribution in [0.4, 0.5) is 23.3 Å². The number of nitrogens with one attached hydrogen (secondary N) is 1. The van der Waals surface area contributed by atoms with Crippen LogP contribution in [0, 0.1) is 10.1 Å².